The normalized spacial score (nSPS) is 11.9. The van der Waals surface area contributed by atoms with Crippen LogP contribution in [0, 0.1) is 0 Å². The maximum atomic E-state index is 5.16. The average molecular weight is 838 g/mol. The SMILES string of the molecule is c1ccc(-c2cccc(-n3c4ccc(-c5cccc(-c6ncc7cccc8c7c6-c6ccccc6-8)c5)cc4c4cc(-c5ccc6c(c5)c5ccccc5n6-c5ccccc5)ccc43)c2)cc1. The molecule has 1 aliphatic carbocycles. The van der Waals surface area contributed by atoms with Crippen LogP contribution < -0.4 is 0 Å². The van der Waals surface area contributed by atoms with Gasteiger partial charge in [0.05, 0.1) is 27.8 Å². The molecule has 66 heavy (non-hydrogen) atoms. The molecule has 0 aliphatic heterocycles. The van der Waals surface area contributed by atoms with Crippen molar-refractivity contribution in [1.29, 1.82) is 0 Å². The summed E-state index contributed by atoms with van der Waals surface area (Å²) in [5.74, 6) is 0. The predicted octanol–water partition coefficient (Wildman–Crippen LogP) is 16.7. The van der Waals surface area contributed by atoms with E-state index in [4.69, 9.17) is 4.98 Å². The van der Waals surface area contributed by atoms with Crippen molar-refractivity contribution in [2.24, 2.45) is 0 Å². The van der Waals surface area contributed by atoms with Crippen LogP contribution in [-0.4, -0.2) is 14.1 Å². The topological polar surface area (TPSA) is 22.8 Å². The van der Waals surface area contributed by atoms with E-state index < -0.39 is 0 Å². The number of rotatable bonds is 6. The Morgan fingerprint density at radius 3 is 1.50 bits per heavy atom. The van der Waals surface area contributed by atoms with Gasteiger partial charge in [0.15, 0.2) is 0 Å². The number of hydrogen-bond acceptors (Lipinski definition) is 1. The van der Waals surface area contributed by atoms with Crippen molar-refractivity contribution in [2.45, 2.75) is 0 Å². The number of fused-ring (bicyclic) bond motifs is 9. The summed E-state index contributed by atoms with van der Waals surface area (Å²) in [6, 6.07) is 84.3. The molecule has 3 nitrogen and oxygen atoms in total. The molecule has 3 heterocycles. The third-order valence-corrected chi connectivity index (χ3v) is 13.9. The monoisotopic (exact) mass is 837 g/mol. The maximum absolute atomic E-state index is 5.16. The highest BCUT2D eigenvalue weighted by Crippen LogP contribution is 2.50. The molecule has 0 radical (unpaired) electrons. The van der Waals surface area contributed by atoms with Crippen molar-refractivity contribution in [3.05, 3.63) is 237 Å². The fourth-order valence-electron chi connectivity index (χ4n) is 10.9. The van der Waals surface area contributed by atoms with Crippen LogP contribution in [0.1, 0.15) is 0 Å². The zero-order chi connectivity index (χ0) is 43.3. The highest BCUT2D eigenvalue weighted by molar-refractivity contribution is 6.18. The van der Waals surface area contributed by atoms with Gasteiger partial charge in [-0.2, -0.15) is 0 Å². The van der Waals surface area contributed by atoms with E-state index in [-0.39, 0.29) is 0 Å². The minimum absolute atomic E-state index is 1.02. The predicted molar refractivity (Wildman–Crippen MR) is 277 cm³/mol. The first-order valence-electron chi connectivity index (χ1n) is 22.7. The molecule has 3 aromatic heterocycles. The number of pyridine rings is 1. The summed E-state index contributed by atoms with van der Waals surface area (Å²) >= 11 is 0. The summed E-state index contributed by atoms with van der Waals surface area (Å²) in [5, 5.41) is 7.38. The Morgan fingerprint density at radius 1 is 0.288 bits per heavy atom. The van der Waals surface area contributed by atoms with Crippen LogP contribution in [0.5, 0.6) is 0 Å². The average Bonchev–Trinajstić information content (AvgIpc) is 4.03. The van der Waals surface area contributed by atoms with Crippen molar-refractivity contribution in [3.63, 3.8) is 0 Å². The zero-order valence-corrected chi connectivity index (χ0v) is 35.9. The zero-order valence-electron chi connectivity index (χ0n) is 35.9. The lowest BCUT2D eigenvalue weighted by atomic mass is 9.95. The van der Waals surface area contributed by atoms with Gasteiger partial charge in [0.1, 0.15) is 0 Å². The standard InChI is InChI=1S/C63H39N3/c1-3-14-40(15-4-1)42-17-12-22-49(35-42)66-59-32-28-43(41-16-11-18-46(34-41)63-62-53-25-8-7-23-50(53)52-26-13-19-47(39-64-63)61(52)62)37-55(59)56-38-45(30-33-60(56)66)44-29-31-58-54(36-44)51-24-9-10-27-57(51)65(58)48-20-5-2-6-21-48/h1-39H. The summed E-state index contributed by atoms with van der Waals surface area (Å²) in [6.45, 7) is 0. The second kappa shape index (κ2) is 14.4. The summed E-state index contributed by atoms with van der Waals surface area (Å²) < 4.78 is 4.82. The number of aromatic nitrogens is 3. The van der Waals surface area contributed by atoms with Gasteiger partial charge >= 0.3 is 0 Å². The quantitative estimate of drug-likeness (QED) is 0.164. The van der Waals surface area contributed by atoms with Crippen molar-refractivity contribution in [3.8, 4) is 78.3 Å². The highest BCUT2D eigenvalue weighted by atomic mass is 15.0. The molecule has 10 aromatic carbocycles. The Bertz CT molecular complexity index is 4100. The van der Waals surface area contributed by atoms with Crippen LogP contribution in [0.15, 0.2) is 237 Å². The molecule has 0 N–H and O–H groups in total. The molecule has 0 saturated heterocycles. The first-order valence-corrected chi connectivity index (χ1v) is 22.7. The molecule has 1 aliphatic rings. The van der Waals surface area contributed by atoms with E-state index in [1.165, 1.54) is 104 Å². The van der Waals surface area contributed by atoms with Gasteiger partial charge in [0.2, 0.25) is 0 Å². The van der Waals surface area contributed by atoms with E-state index >= 15 is 0 Å². The number of para-hydroxylation sites is 2. The van der Waals surface area contributed by atoms with Crippen LogP contribution in [0.4, 0.5) is 0 Å². The van der Waals surface area contributed by atoms with Gasteiger partial charge in [-0.3, -0.25) is 4.98 Å². The number of hydrogen-bond donors (Lipinski definition) is 0. The van der Waals surface area contributed by atoms with Gasteiger partial charge in [-0.1, -0.05) is 158 Å². The Hall–Kier alpha value is -8.79. The molecule has 13 aromatic rings. The molecule has 0 spiro atoms. The minimum Gasteiger partial charge on any atom is -0.309 e. The van der Waals surface area contributed by atoms with Gasteiger partial charge in [0, 0.05) is 61.0 Å². The van der Waals surface area contributed by atoms with Crippen LogP contribution in [0.3, 0.4) is 0 Å². The molecule has 0 saturated carbocycles. The third-order valence-electron chi connectivity index (χ3n) is 13.9. The van der Waals surface area contributed by atoms with Gasteiger partial charge < -0.3 is 9.13 Å². The van der Waals surface area contributed by atoms with Gasteiger partial charge in [0.25, 0.3) is 0 Å². The van der Waals surface area contributed by atoms with Crippen LogP contribution >= 0.6 is 0 Å². The fourth-order valence-corrected chi connectivity index (χ4v) is 10.9. The van der Waals surface area contributed by atoms with Gasteiger partial charge in [-0.15, -0.1) is 0 Å². The van der Waals surface area contributed by atoms with Crippen LogP contribution in [0.2, 0.25) is 0 Å². The summed E-state index contributed by atoms with van der Waals surface area (Å²) in [6.07, 6.45) is 2.04. The second-order valence-electron chi connectivity index (χ2n) is 17.5. The Balaban J connectivity index is 0.951. The van der Waals surface area contributed by atoms with E-state index in [1.807, 2.05) is 6.20 Å². The molecule has 0 atom stereocenters. The lowest BCUT2D eigenvalue weighted by molar-refractivity contribution is 1.18. The molecular formula is C63H39N3. The van der Waals surface area contributed by atoms with Crippen LogP contribution in [-0.2, 0) is 0 Å². The number of nitrogens with zero attached hydrogens (tertiary/aromatic N) is 3. The third kappa shape index (κ3) is 5.54. The van der Waals surface area contributed by atoms with Crippen molar-refractivity contribution >= 4 is 54.4 Å². The lowest BCUT2D eigenvalue weighted by Crippen LogP contribution is -1.94. The van der Waals surface area contributed by atoms with E-state index in [0.29, 0.717) is 0 Å². The van der Waals surface area contributed by atoms with E-state index in [1.54, 1.807) is 0 Å². The van der Waals surface area contributed by atoms with E-state index in [9.17, 15) is 0 Å². The number of benzene rings is 10. The van der Waals surface area contributed by atoms with E-state index in [2.05, 4.69) is 240 Å². The molecule has 14 rings (SSSR count). The smallest absolute Gasteiger partial charge is 0.0787 e. The lowest BCUT2D eigenvalue weighted by Gasteiger charge is -2.12. The Morgan fingerprint density at radius 2 is 0.773 bits per heavy atom. The molecule has 306 valence electrons. The molecule has 0 unspecified atom stereocenters. The molecule has 0 bridgehead atoms. The van der Waals surface area contributed by atoms with Crippen LogP contribution in [0.25, 0.3) is 133 Å². The van der Waals surface area contributed by atoms with Gasteiger partial charge in [-0.25, -0.2) is 0 Å². The molecule has 3 heteroatoms. The molecular weight excluding hydrogens is 799 g/mol. The minimum atomic E-state index is 1.02. The Kier molecular flexibility index (Phi) is 7.98. The van der Waals surface area contributed by atoms with Crippen molar-refractivity contribution in [1.82, 2.24) is 14.1 Å². The van der Waals surface area contributed by atoms with E-state index in [0.717, 1.165) is 28.2 Å². The van der Waals surface area contributed by atoms with Gasteiger partial charge in [-0.05, 0) is 123 Å². The van der Waals surface area contributed by atoms with Crippen molar-refractivity contribution in [2.75, 3.05) is 0 Å². The molecule has 0 amide bonds. The summed E-state index contributed by atoms with van der Waals surface area (Å²) in [4.78, 5) is 5.16. The Labute approximate surface area is 381 Å². The first-order chi connectivity index (χ1) is 32.7. The fraction of sp³-hybridized carbons (Fsp3) is 0. The second-order valence-corrected chi connectivity index (χ2v) is 17.5. The first kappa shape index (κ1) is 36.7. The highest BCUT2D eigenvalue weighted by Gasteiger charge is 2.25. The molecule has 0 fully saturated rings. The maximum Gasteiger partial charge on any atom is 0.0787 e. The summed E-state index contributed by atoms with van der Waals surface area (Å²) in [5.41, 5.74) is 21.3. The summed E-state index contributed by atoms with van der Waals surface area (Å²) in [7, 11) is 0. The van der Waals surface area contributed by atoms with Crippen molar-refractivity contribution < 1.29 is 0 Å². The largest absolute Gasteiger partial charge is 0.309 e.